The number of piperazine rings is 1. The first kappa shape index (κ1) is 20.3. The van der Waals surface area contributed by atoms with Gasteiger partial charge in [0.25, 0.3) is 0 Å². The van der Waals surface area contributed by atoms with Gasteiger partial charge in [-0.2, -0.15) is 0 Å². The Morgan fingerprint density at radius 1 is 0.968 bits per heavy atom. The molecule has 162 valence electrons. The predicted molar refractivity (Wildman–Crippen MR) is 124 cm³/mol. The minimum absolute atomic E-state index is 0.649. The SMILES string of the molecule is CCc1ccc2c(c1)-c1nnc(CCN3CCN(c4ccc(Cl)cc4)CC3)n1CCO2. The maximum absolute atomic E-state index is 6.02. The van der Waals surface area contributed by atoms with Gasteiger partial charge in [-0.15, -0.1) is 10.2 Å². The topological polar surface area (TPSA) is 46.4 Å². The maximum Gasteiger partial charge on any atom is 0.167 e. The van der Waals surface area contributed by atoms with Gasteiger partial charge in [-0.25, -0.2) is 0 Å². The molecule has 2 aliphatic heterocycles. The van der Waals surface area contributed by atoms with Gasteiger partial charge in [0.1, 0.15) is 18.2 Å². The number of rotatable bonds is 5. The number of hydrogen-bond donors (Lipinski definition) is 0. The van der Waals surface area contributed by atoms with Gasteiger partial charge in [0, 0.05) is 49.9 Å². The smallest absolute Gasteiger partial charge is 0.167 e. The van der Waals surface area contributed by atoms with Crippen molar-refractivity contribution < 1.29 is 4.74 Å². The third kappa shape index (κ3) is 4.27. The van der Waals surface area contributed by atoms with Crippen LogP contribution in [0.1, 0.15) is 18.3 Å². The molecule has 1 fully saturated rings. The summed E-state index contributed by atoms with van der Waals surface area (Å²) >= 11 is 6.02. The fourth-order valence-electron chi connectivity index (χ4n) is 4.44. The number of fused-ring (bicyclic) bond motifs is 3. The molecule has 2 aromatic carbocycles. The highest BCUT2D eigenvalue weighted by molar-refractivity contribution is 6.30. The fraction of sp³-hybridized carbons (Fsp3) is 0.417. The summed E-state index contributed by atoms with van der Waals surface area (Å²) in [6, 6.07) is 14.5. The Morgan fingerprint density at radius 2 is 1.77 bits per heavy atom. The van der Waals surface area contributed by atoms with Crippen LogP contribution < -0.4 is 9.64 Å². The van der Waals surface area contributed by atoms with E-state index in [0.717, 1.165) is 80.1 Å². The number of halogens is 1. The second-order valence-electron chi connectivity index (χ2n) is 8.18. The molecular formula is C24H28ClN5O. The number of hydrogen-bond acceptors (Lipinski definition) is 5. The average molecular weight is 438 g/mol. The third-order valence-electron chi connectivity index (χ3n) is 6.31. The molecule has 0 unspecified atom stereocenters. The zero-order valence-corrected chi connectivity index (χ0v) is 18.7. The van der Waals surface area contributed by atoms with Crippen molar-refractivity contribution in [1.82, 2.24) is 19.7 Å². The third-order valence-corrected chi connectivity index (χ3v) is 6.56. The highest BCUT2D eigenvalue weighted by Crippen LogP contribution is 2.32. The van der Waals surface area contributed by atoms with Gasteiger partial charge in [-0.1, -0.05) is 24.6 Å². The quantitative estimate of drug-likeness (QED) is 0.605. The summed E-state index contributed by atoms with van der Waals surface area (Å²) in [5.74, 6) is 2.90. The van der Waals surface area contributed by atoms with Crippen LogP contribution in [0.5, 0.6) is 5.75 Å². The van der Waals surface area contributed by atoms with Crippen molar-refractivity contribution in [3.8, 4) is 17.1 Å². The Labute approximate surface area is 188 Å². The van der Waals surface area contributed by atoms with Crippen molar-refractivity contribution in [3.05, 3.63) is 58.9 Å². The summed E-state index contributed by atoms with van der Waals surface area (Å²) in [4.78, 5) is 4.94. The van der Waals surface area contributed by atoms with E-state index in [-0.39, 0.29) is 0 Å². The molecule has 0 amide bonds. The fourth-order valence-corrected chi connectivity index (χ4v) is 4.56. The standard InChI is InChI=1S/C24H28ClN5O/c1-2-18-3-8-22-21(17-18)24-27-26-23(30(24)15-16-31-22)9-10-28-11-13-29(14-12-28)20-6-4-19(25)5-7-20/h3-8,17H,2,9-16H2,1H3. The zero-order valence-electron chi connectivity index (χ0n) is 17.9. The number of benzene rings is 2. The van der Waals surface area contributed by atoms with Gasteiger partial charge >= 0.3 is 0 Å². The van der Waals surface area contributed by atoms with Gasteiger partial charge in [-0.05, 0) is 48.4 Å². The average Bonchev–Trinajstić information content (AvgIpc) is 3.12. The highest BCUT2D eigenvalue weighted by atomic mass is 35.5. The molecule has 3 aromatic rings. The van der Waals surface area contributed by atoms with Crippen molar-refractivity contribution in [3.63, 3.8) is 0 Å². The van der Waals surface area contributed by atoms with Crippen LogP contribution in [0.2, 0.25) is 5.02 Å². The van der Waals surface area contributed by atoms with Gasteiger partial charge in [-0.3, -0.25) is 4.90 Å². The van der Waals surface area contributed by atoms with Crippen molar-refractivity contribution >= 4 is 17.3 Å². The van der Waals surface area contributed by atoms with Crippen LogP contribution in [0.25, 0.3) is 11.4 Å². The van der Waals surface area contributed by atoms with Gasteiger partial charge in [0.15, 0.2) is 5.82 Å². The Kier molecular flexibility index (Phi) is 5.83. The summed E-state index contributed by atoms with van der Waals surface area (Å²) in [7, 11) is 0. The Hall–Kier alpha value is -2.57. The Morgan fingerprint density at radius 3 is 2.55 bits per heavy atom. The lowest BCUT2D eigenvalue weighted by molar-refractivity contribution is 0.257. The molecule has 0 spiro atoms. The van der Waals surface area contributed by atoms with Crippen molar-refractivity contribution in [2.24, 2.45) is 0 Å². The van der Waals surface area contributed by atoms with Gasteiger partial charge in [0.2, 0.25) is 0 Å². The molecule has 0 bridgehead atoms. The first-order chi connectivity index (χ1) is 15.2. The van der Waals surface area contributed by atoms with Crippen LogP contribution in [0.3, 0.4) is 0 Å². The molecule has 0 aliphatic carbocycles. The zero-order chi connectivity index (χ0) is 21.2. The summed E-state index contributed by atoms with van der Waals surface area (Å²) in [6.07, 6.45) is 1.90. The molecule has 0 N–H and O–H groups in total. The molecule has 0 saturated carbocycles. The predicted octanol–water partition coefficient (Wildman–Crippen LogP) is 3.92. The normalized spacial score (nSPS) is 16.4. The first-order valence-corrected chi connectivity index (χ1v) is 11.5. The molecule has 5 rings (SSSR count). The number of anilines is 1. The van der Waals surface area contributed by atoms with E-state index < -0.39 is 0 Å². The van der Waals surface area contributed by atoms with E-state index in [9.17, 15) is 0 Å². The molecule has 2 aliphatic rings. The van der Waals surface area contributed by atoms with E-state index in [1.54, 1.807) is 0 Å². The number of aryl methyl sites for hydroxylation is 1. The maximum atomic E-state index is 6.02. The van der Waals surface area contributed by atoms with Crippen LogP contribution in [0.15, 0.2) is 42.5 Å². The number of aromatic nitrogens is 3. The van der Waals surface area contributed by atoms with Crippen LogP contribution in [-0.2, 0) is 19.4 Å². The van der Waals surface area contributed by atoms with E-state index in [1.807, 2.05) is 12.1 Å². The minimum atomic E-state index is 0.649. The highest BCUT2D eigenvalue weighted by Gasteiger charge is 2.22. The molecule has 0 atom stereocenters. The molecule has 6 nitrogen and oxygen atoms in total. The van der Waals surface area contributed by atoms with Crippen molar-refractivity contribution in [2.45, 2.75) is 26.3 Å². The lowest BCUT2D eigenvalue weighted by atomic mass is 10.1. The number of ether oxygens (including phenoxy) is 1. The van der Waals surface area contributed by atoms with Crippen LogP contribution in [0.4, 0.5) is 5.69 Å². The Balaban J connectivity index is 1.23. The van der Waals surface area contributed by atoms with Crippen molar-refractivity contribution in [1.29, 1.82) is 0 Å². The summed E-state index contributed by atoms with van der Waals surface area (Å²) in [5.41, 5.74) is 3.60. The minimum Gasteiger partial charge on any atom is -0.491 e. The van der Waals surface area contributed by atoms with E-state index in [2.05, 4.69) is 61.8 Å². The lowest BCUT2D eigenvalue weighted by Crippen LogP contribution is -2.47. The van der Waals surface area contributed by atoms with Gasteiger partial charge in [0.05, 0.1) is 12.1 Å². The molecular weight excluding hydrogens is 410 g/mol. The second-order valence-corrected chi connectivity index (χ2v) is 8.62. The van der Waals surface area contributed by atoms with E-state index in [4.69, 9.17) is 16.3 Å². The van der Waals surface area contributed by atoms with Crippen molar-refractivity contribution in [2.75, 3.05) is 44.2 Å². The molecule has 7 heteroatoms. The van der Waals surface area contributed by atoms with E-state index in [0.29, 0.717) is 6.61 Å². The second kappa shape index (κ2) is 8.89. The molecule has 3 heterocycles. The van der Waals surface area contributed by atoms with Crippen LogP contribution in [-0.4, -0.2) is 59.0 Å². The molecule has 0 radical (unpaired) electrons. The number of nitrogens with zero attached hydrogens (tertiary/aromatic N) is 5. The van der Waals surface area contributed by atoms with Crippen LogP contribution >= 0.6 is 11.6 Å². The first-order valence-electron chi connectivity index (χ1n) is 11.1. The van der Waals surface area contributed by atoms with Crippen LogP contribution in [0, 0.1) is 0 Å². The summed E-state index contributed by atoms with van der Waals surface area (Å²) in [6.45, 7) is 8.76. The molecule has 31 heavy (non-hydrogen) atoms. The summed E-state index contributed by atoms with van der Waals surface area (Å²) in [5, 5.41) is 9.89. The Bertz CT molecular complexity index is 1040. The molecule has 1 aromatic heterocycles. The van der Waals surface area contributed by atoms with E-state index >= 15 is 0 Å². The monoisotopic (exact) mass is 437 g/mol. The summed E-state index contributed by atoms with van der Waals surface area (Å²) < 4.78 is 8.23. The molecule has 1 saturated heterocycles. The van der Waals surface area contributed by atoms with E-state index in [1.165, 1.54) is 11.3 Å². The van der Waals surface area contributed by atoms with Gasteiger partial charge < -0.3 is 14.2 Å². The lowest BCUT2D eigenvalue weighted by Gasteiger charge is -2.36. The largest absolute Gasteiger partial charge is 0.491 e.